The topological polar surface area (TPSA) is 59.0 Å². The van der Waals surface area contributed by atoms with Crippen molar-refractivity contribution in [3.8, 4) is 5.75 Å². The summed E-state index contributed by atoms with van der Waals surface area (Å²) in [5.41, 5.74) is 1.04. The minimum atomic E-state index is -0.274. The number of benzene rings is 1. The van der Waals surface area contributed by atoms with Crippen LogP contribution >= 0.6 is 0 Å². The lowest BCUT2D eigenvalue weighted by atomic mass is 10.1. The van der Waals surface area contributed by atoms with Crippen molar-refractivity contribution in [3.63, 3.8) is 0 Å². The first-order valence-electron chi connectivity index (χ1n) is 7.30. The van der Waals surface area contributed by atoms with Gasteiger partial charge in [-0.2, -0.15) is 0 Å². The molecule has 2 atom stereocenters. The van der Waals surface area contributed by atoms with E-state index < -0.39 is 0 Å². The number of aryl methyl sites for hydroxylation is 1. The second kappa shape index (κ2) is 7.43. The molecule has 2 unspecified atom stereocenters. The van der Waals surface area contributed by atoms with Crippen LogP contribution in [0.15, 0.2) is 24.3 Å². The number of nitrogens with zero attached hydrogens (tertiary/aromatic N) is 1. The highest BCUT2D eigenvalue weighted by Gasteiger charge is 2.27. The van der Waals surface area contributed by atoms with Gasteiger partial charge in [0.2, 0.25) is 5.91 Å². The monoisotopic (exact) mass is 293 g/mol. The summed E-state index contributed by atoms with van der Waals surface area (Å²) in [6.45, 7) is 2.91. The zero-order chi connectivity index (χ0) is 15.2. The van der Waals surface area contributed by atoms with Crippen molar-refractivity contribution in [2.24, 2.45) is 0 Å². The van der Waals surface area contributed by atoms with E-state index in [1.807, 2.05) is 31.2 Å². The minimum absolute atomic E-state index is 0.0360. The van der Waals surface area contributed by atoms with Gasteiger partial charge in [0.15, 0.2) is 0 Å². The van der Waals surface area contributed by atoms with Gasteiger partial charge in [-0.05, 0) is 25.0 Å². The Kier molecular flexibility index (Phi) is 5.59. The predicted molar refractivity (Wildman–Crippen MR) is 79.3 cm³/mol. The SMILES string of the molecule is COc1ccccc1CCC(=O)N1CC(C)OC(CO)C1. The smallest absolute Gasteiger partial charge is 0.223 e. The van der Waals surface area contributed by atoms with Crippen molar-refractivity contribution in [1.82, 2.24) is 4.90 Å². The van der Waals surface area contributed by atoms with Gasteiger partial charge in [-0.3, -0.25) is 4.79 Å². The van der Waals surface area contributed by atoms with Crippen LogP contribution in [-0.4, -0.2) is 54.9 Å². The van der Waals surface area contributed by atoms with Gasteiger partial charge in [0.1, 0.15) is 5.75 Å². The Balaban J connectivity index is 1.92. The average molecular weight is 293 g/mol. The Labute approximate surface area is 125 Å². The number of carbonyl (C=O) groups is 1. The lowest BCUT2D eigenvalue weighted by Crippen LogP contribution is -2.50. The number of hydrogen-bond donors (Lipinski definition) is 1. The van der Waals surface area contributed by atoms with E-state index >= 15 is 0 Å². The van der Waals surface area contributed by atoms with Crippen LogP contribution in [0, 0.1) is 0 Å². The normalized spacial score (nSPS) is 22.1. The number of aliphatic hydroxyl groups excluding tert-OH is 1. The Morgan fingerprint density at radius 1 is 1.43 bits per heavy atom. The molecule has 0 aliphatic carbocycles. The van der Waals surface area contributed by atoms with E-state index in [4.69, 9.17) is 9.47 Å². The van der Waals surface area contributed by atoms with Gasteiger partial charge in [-0.25, -0.2) is 0 Å². The van der Waals surface area contributed by atoms with Gasteiger partial charge >= 0.3 is 0 Å². The van der Waals surface area contributed by atoms with Crippen molar-refractivity contribution < 1.29 is 19.4 Å². The molecule has 1 N–H and O–H groups in total. The predicted octanol–water partition coefficient (Wildman–Crippen LogP) is 1.24. The summed E-state index contributed by atoms with van der Waals surface area (Å²) in [6, 6.07) is 7.74. The Morgan fingerprint density at radius 2 is 2.19 bits per heavy atom. The number of ether oxygens (including phenoxy) is 2. The van der Waals surface area contributed by atoms with E-state index in [0.29, 0.717) is 25.9 Å². The van der Waals surface area contributed by atoms with Gasteiger partial charge in [-0.1, -0.05) is 18.2 Å². The average Bonchev–Trinajstić information content (AvgIpc) is 2.52. The summed E-state index contributed by atoms with van der Waals surface area (Å²) >= 11 is 0. The van der Waals surface area contributed by atoms with E-state index in [2.05, 4.69) is 0 Å². The quantitative estimate of drug-likeness (QED) is 0.887. The molecule has 1 aliphatic rings. The highest BCUT2D eigenvalue weighted by molar-refractivity contribution is 5.76. The third-order valence-electron chi connectivity index (χ3n) is 3.68. The van der Waals surface area contributed by atoms with Gasteiger partial charge < -0.3 is 19.5 Å². The van der Waals surface area contributed by atoms with Crippen molar-refractivity contribution in [3.05, 3.63) is 29.8 Å². The van der Waals surface area contributed by atoms with Crippen molar-refractivity contribution >= 4 is 5.91 Å². The highest BCUT2D eigenvalue weighted by atomic mass is 16.5. The van der Waals surface area contributed by atoms with Crippen LogP contribution in [0.1, 0.15) is 18.9 Å². The second-order valence-corrected chi connectivity index (χ2v) is 5.36. The minimum Gasteiger partial charge on any atom is -0.496 e. The van der Waals surface area contributed by atoms with Crippen molar-refractivity contribution in [2.75, 3.05) is 26.8 Å². The first-order valence-corrected chi connectivity index (χ1v) is 7.30. The van der Waals surface area contributed by atoms with Crippen LogP contribution in [0.2, 0.25) is 0 Å². The number of aliphatic hydroxyl groups is 1. The molecular weight excluding hydrogens is 270 g/mol. The Morgan fingerprint density at radius 3 is 2.90 bits per heavy atom. The second-order valence-electron chi connectivity index (χ2n) is 5.36. The number of morpholine rings is 1. The largest absolute Gasteiger partial charge is 0.496 e. The number of carbonyl (C=O) groups excluding carboxylic acids is 1. The maximum absolute atomic E-state index is 12.3. The third-order valence-corrected chi connectivity index (χ3v) is 3.68. The maximum atomic E-state index is 12.3. The fraction of sp³-hybridized carbons (Fsp3) is 0.562. The molecule has 1 amide bonds. The van der Waals surface area contributed by atoms with Crippen LogP contribution in [0.25, 0.3) is 0 Å². The molecule has 0 radical (unpaired) electrons. The van der Waals surface area contributed by atoms with E-state index in [9.17, 15) is 9.90 Å². The number of rotatable bonds is 5. The lowest BCUT2D eigenvalue weighted by Gasteiger charge is -2.36. The molecule has 2 rings (SSSR count). The van der Waals surface area contributed by atoms with Crippen LogP contribution in [0.4, 0.5) is 0 Å². The molecular formula is C16H23NO4. The molecule has 0 saturated carbocycles. The summed E-state index contributed by atoms with van der Waals surface area (Å²) in [6.07, 6.45) is 0.777. The summed E-state index contributed by atoms with van der Waals surface area (Å²) in [5.74, 6) is 0.906. The molecule has 5 nitrogen and oxygen atoms in total. The van der Waals surface area contributed by atoms with Crippen molar-refractivity contribution in [2.45, 2.75) is 32.0 Å². The third kappa shape index (κ3) is 4.19. The zero-order valence-corrected chi connectivity index (χ0v) is 12.6. The molecule has 1 fully saturated rings. The van der Waals surface area contributed by atoms with E-state index in [1.54, 1.807) is 12.0 Å². The first-order chi connectivity index (χ1) is 10.1. The summed E-state index contributed by atoms with van der Waals surface area (Å²) in [7, 11) is 1.64. The van der Waals surface area contributed by atoms with Gasteiger partial charge in [0.25, 0.3) is 0 Å². The van der Waals surface area contributed by atoms with E-state index in [-0.39, 0.29) is 24.7 Å². The number of amides is 1. The Hall–Kier alpha value is -1.59. The first kappa shape index (κ1) is 15.8. The highest BCUT2D eigenvalue weighted by Crippen LogP contribution is 2.20. The molecule has 0 aromatic heterocycles. The fourth-order valence-corrected chi connectivity index (χ4v) is 2.66. The van der Waals surface area contributed by atoms with Gasteiger partial charge in [-0.15, -0.1) is 0 Å². The van der Waals surface area contributed by atoms with Crippen LogP contribution in [0.5, 0.6) is 5.75 Å². The number of para-hydroxylation sites is 1. The molecule has 21 heavy (non-hydrogen) atoms. The van der Waals surface area contributed by atoms with E-state index in [0.717, 1.165) is 11.3 Å². The maximum Gasteiger partial charge on any atom is 0.223 e. The number of methoxy groups -OCH3 is 1. The molecule has 1 saturated heterocycles. The van der Waals surface area contributed by atoms with Gasteiger partial charge in [0, 0.05) is 19.5 Å². The molecule has 0 bridgehead atoms. The standard InChI is InChI=1S/C16H23NO4/c1-12-9-17(10-14(11-18)21-12)16(19)8-7-13-5-3-4-6-15(13)20-2/h3-6,12,14,18H,7-11H2,1-2H3. The zero-order valence-electron chi connectivity index (χ0n) is 12.6. The van der Waals surface area contributed by atoms with Crippen LogP contribution < -0.4 is 4.74 Å². The summed E-state index contributed by atoms with van der Waals surface area (Å²) < 4.78 is 10.8. The summed E-state index contributed by atoms with van der Waals surface area (Å²) in [5, 5.41) is 9.21. The lowest BCUT2D eigenvalue weighted by molar-refractivity contribution is -0.147. The molecule has 1 aromatic carbocycles. The van der Waals surface area contributed by atoms with Gasteiger partial charge in [0.05, 0.1) is 25.9 Å². The molecule has 1 aromatic rings. The summed E-state index contributed by atoms with van der Waals surface area (Å²) in [4.78, 5) is 14.1. The molecule has 5 heteroatoms. The molecule has 1 aliphatic heterocycles. The molecule has 1 heterocycles. The van der Waals surface area contributed by atoms with Crippen LogP contribution in [0.3, 0.4) is 0 Å². The van der Waals surface area contributed by atoms with E-state index in [1.165, 1.54) is 0 Å². The fourth-order valence-electron chi connectivity index (χ4n) is 2.66. The van der Waals surface area contributed by atoms with Crippen LogP contribution in [-0.2, 0) is 16.0 Å². The Bertz CT molecular complexity index is 477. The molecule has 116 valence electrons. The van der Waals surface area contributed by atoms with Crippen molar-refractivity contribution in [1.29, 1.82) is 0 Å². The molecule has 0 spiro atoms. The number of hydrogen-bond acceptors (Lipinski definition) is 4.